The number of furan rings is 5. The quantitative estimate of drug-likeness (QED) is 0.0730. The molecule has 27 nitrogen and oxygen atoms in total. The molecule has 1 saturated heterocycles. The molecule has 87 heavy (non-hydrogen) atoms. The number of phenols is 2. The van der Waals surface area contributed by atoms with E-state index in [4.69, 9.17) is 58.9 Å². The first kappa shape index (κ1) is 57.1. The Hall–Kier alpha value is -11.7. The molecule has 2 amide bonds. The number of benzene rings is 5. The van der Waals surface area contributed by atoms with Gasteiger partial charge in [-0.25, -0.2) is 0 Å². The number of carbonyl (C=O) groups excluding carboxylic acids is 2. The van der Waals surface area contributed by atoms with Crippen molar-refractivity contribution in [2.45, 2.75) is 40.7 Å². The minimum atomic E-state index is -0.525. The average molecular weight is 1180 g/mol. The van der Waals surface area contributed by atoms with Crippen LogP contribution in [0.15, 0.2) is 161 Å². The number of hydrazine groups is 1. The zero-order valence-corrected chi connectivity index (χ0v) is 47.1. The highest BCUT2D eigenvalue weighted by Crippen LogP contribution is 2.36. The number of methoxy groups -OCH3 is 2. The number of carbonyl (C=O) groups is 2. The molecule has 0 unspecified atom stereocenters. The highest BCUT2D eigenvalue weighted by Gasteiger charge is 2.25. The number of fused-ring (bicyclic) bond motifs is 5. The largest absolute Gasteiger partial charge is 0.507 e. The normalized spacial score (nSPS) is 12.3. The molecule has 0 saturated carbocycles. The Labute approximate surface area is 489 Å². The number of hydrogen-bond acceptors (Lipinski definition) is 25. The molecule has 0 bridgehead atoms. The fraction of sp³-hybridized carbons (Fsp3) is 0.167. The van der Waals surface area contributed by atoms with Crippen molar-refractivity contribution in [1.82, 2.24) is 51.5 Å². The Balaban J connectivity index is 0.000000113. The lowest BCUT2D eigenvalue weighted by molar-refractivity contribution is -0.119. The molecule has 442 valence electrons. The van der Waals surface area contributed by atoms with Crippen LogP contribution in [0.2, 0.25) is 0 Å². The number of rotatable bonds is 10. The predicted molar refractivity (Wildman–Crippen MR) is 306 cm³/mol. The zero-order chi connectivity index (χ0) is 60.7. The predicted octanol–water partition coefficient (Wildman–Crippen LogP) is 11.6. The van der Waals surface area contributed by atoms with Gasteiger partial charge in [-0.2, -0.15) is 9.97 Å². The highest BCUT2D eigenvalue weighted by molar-refractivity contribution is 5.98. The van der Waals surface area contributed by atoms with Gasteiger partial charge in [0.05, 0.1) is 37.0 Å². The molecule has 14 aromatic rings. The van der Waals surface area contributed by atoms with Gasteiger partial charge in [0.2, 0.25) is 41.1 Å². The number of amides is 2. The Morgan fingerprint density at radius 3 is 1.54 bits per heavy atom. The summed E-state index contributed by atoms with van der Waals surface area (Å²) >= 11 is 0. The lowest BCUT2D eigenvalue weighted by Crippen LogP contribution is -2.40. The van der Waals surface area contributed by atoms with E-state index in [2.05, 4.69) is 51.5 Å². The summed E-state index contributed by atoms with van der Waals surface area (Å²) < 4.78 is 69.4. The van der Waals surface area contributed by atoms with Gasteiger partial charge in [-0.05, 0) is 60.7 Å². The molecule has 27 heteroatoms. The molecule has 5 aromatic carbocycles. The van der Waals surface area contributed by atoms with Gasteiger partial charge in [0.1, 0.15) is 46.7 Å². The van der Waals surface area contributed by atoms with Crippen molar-refractivity contribution in [3.05, 3.63) is 151 Å². The maximum Gasteiger partial charge on any atom is 0.305 e. The first-order chi connectivity index (χ1) is 42.2. The molecular weight excluding hydrogens is 1130 g/mol. The molecule has 1 aliphatic rings. The van der Waals surface area contributed by atoms with Crippen molar-refractivity contribution < 1.29 is 78.7 Å². The molecule has 10 heterocycles. The van der Waals surface area contributed by atoms with Crippen LogP contribution in [0.5, 0.6) is 28.7 Å². The average Bonchev–Trinajstić information content (AvgIpc) is 2.41. The van der Waals surface area contributed by atoms with Crippen LogP contribution in [0.25, 0.3) is 101 Å². The van der Waals surface area contributed by atoms with Gasteiger partial charge in [0, 0.05) is 63.6 Å². The number of epoxide rings is 1. The van der Waals surface area contributed by atoms with Crippen LogP contribution in [-0.4, -0.2) is 96.2 Å². The molecule has 1 fully saturated rings. The van der Waals surface area contributed by atoms with Crippen molar-refractivity contribution >= 4 is 66.7 Å². The van der Waals surface area contributed by atoms with Crippen LogP contribution in [0.1, 0.15) is 41.0 Å². The van der Waals surface area contributed by atoms with E-state index in [-0.39, 0.29) is 29.3 Å². The van der Waals surface area contributed by atoms with E-state index < -0.39 is 5.91 Å². The monoisotopic (exact) mass is 1180 g/mol. The van der Waals surface area contributed by atoms with Crippen molar-refractivity contribution in [1.29, 1.82) is 0 Å². The molecule has 15 rings (SSSR count). The van der Waals surface area contributed by atoms with E-state index in [1.165, 1.54) is 6.92 Å². The second-order valence-electron chi connectivity index (χ2n) is 18.8. The maximum absolute atomic E-state index is 11.7. The summed E-state index contributed by atoms with van der Waals surface area (Å²) in [5, 5.41) is 46.0. The van der Waals surface area contributed by atoms with Crippen LogP contribution in [0.3, 0.4) is 0 Å². The highest BCUT2D eigenvalue weighted by atomic mass is 16.6. The first-order valence-corrected chi connectivity index (χ1v) is 26.3. The second-order valence-corrected chi connectivity index (χ2v) is 18.8. The first-order valence-electron chi connectivity index (χ1n) is 26.3. The third kappa shape index (κ3) is 13.2. The van der Waals surface area contributed by atoms with Crippen molar-refractivity contribution in [2.24, 2.45) is 0 Å². The number of ether oxygens (including phenoxy) is 4. The number of aryl methyl sites for hydroxylation is 4. The summed E-state index contributed by atoms with van der Waals surface area (Å²) in [6, 6.07) is 35.6. The Kier molecular flexibility index (Phi) is 16.4. The lowest BCUT2D eigenvalue weighted by Gasteiger charge is -2.03. The van der Waals surface area contributed by atoms with E-state index >= 15 is 0 Å². The minimum absolute atomic E-state index is 0.100. The third-order valence-electron chi connectivity index (χ3n) is 12.4. The van der Waals surface area contributed by atoms with Gasteiger partial charge < -0.3 is 69.1 Å². The number of nitrogens with zero attached hydrogens (tertiary/aromatic N) is 8. The van der Waals surface area contributed by atoms with Crippen molar-refractivity contribution in [3.8, 4) is 75.2 Å². The lowest BCUT2D eigenvalue weighted by atomic mass is 10.2. The van der Waals surface area contributed by atoms with Crippen LogP contribution >= 0.6 is 0 Å². The van der Waals surface area contributed by atoms with Gasteiger partial charge >= 0.3 is 5.91 Å². The van der Waals surface area contributed by atoms with E-state index in [0.29, 0.717) is 121 Å². The van der Waals surface area contributed by atoms with E-state index in [0.717, 1.165) is 34.1 Å². The smallest absolute Gasteiger partial charge is 0.305 e. The summed E-state index contributed by atoms with van der Waals surface area (Å²) in [5.41, 5.74) is 7.39. The van der Waals surface area contributed by atoms with Crippen molar-refractivity contribution in [2.75, 3.05) is 27.4 Å². The van der Waals surface area contributed by atoms with E-state index in [9.17, 15) is 19.8 Å². The summed E-state index contributed by atoms with van der Waals surface area (Å²) in [6.07, 6.45) is 0.208. The minimum Gasteiger partial charge on any atom is -0.507 e. The second kappa shape index (κ2) is 25.0. The SMILES string of the molecule is COc1cccc2oc(-c3nnc(C)o3)cc12.COc1cccc2oc(C(=O)NNC(C)=O)cc12.Cc1nc(-c2cc3cccc(O)c3o2)no1.Cc1nc(-c2cc3cccc(OC[C@@H]4CO4)c3o2)no1.Cc1nnc(-c2cc3c(O)cccc3o2)o1. The van der Waals surface area contributed by atoms with Gasteiger partial charge in [-0.3, -0.25) is 20.4 Å². The van der Waals surface area contributed by atoms with Crippen LogP contribution in [0, 0.1) is 27.7 Å². The summed E-state index contributed by atoms with van der Waals surface area (Å²) in [6.45, 7) is 9.48. The molecule has 0 radical (unpaired) electrons. The topological polar surface area (TPSA) is 360 Å². The fourth-order valence-electron chi connectivity index (χ4n) is 8.35. The van der Waals surface area contributed by atoms with Gasteiger partial charge in [0.25, 0.3) is 11.8 Å². The molecule has 1 aliphatic heterocycles. The molecular formula is C60H50N10O17. The number of hydrogen-bond donors (Lipinski definition) is 4. The van der Waals surface area contributed by atoms with Gasteiger partial charge in [-0.15, -0.1) is 20.4 Å². The summed E-state index contributed by atoms with van der Waals surface area (Å²) in [7, 11) is 3.16. The summed E-state index contributed by atoms with van der Waals surface area (Å²) in [5.74, 6) is 7.07. The molecule has 4 N–H and O–H groups in total. The van der Waals surface area contributed by atoms with Gasteiger partial charge in [0.15, 0.2) is 51.5 Å². The Bertz CT molecular complexity index is 4590. The van der Waals surface area contributed by atoms with Crippen LogP contribution in [-0.2, 0) is 9.53 Å². The number of phenolic OH excluding ortho intramolecular Hbond substituents is 2. The summed E-state index contributed by atoms with van der Waals surface area (Å²) in [4.78, 5) is 30.5. The molecule has 0 spiro atoms. The van der Waals surface area contributed by atoms with Gasteiger partial charge in [-0.1, -0.05) is 52.8 Å². The molecule has 9 aromatic heterocycles. The number of nitrogens with one attached hydrogen (secondary N) is 2. The molecule has 0 aliphatic carbocycles. The number of aromatic nitrogens is 8. The standard InChI is InChI=1S/C14H12N2O4.C12H12N2O4.C12H10N2O3.2C11H8N2O3/c1-8-15-14(16-20-8)12-5-9-3-2-4-11(13(9)19-12)18-7-10-6-17-10;1-7(15)13-14-12(16)11-6-8-9(17-2)4-3-5-10(8)18-11;1-7-13-14-12(16-7)11-6-8-9(15-2)4-3-5-10(8)17-11;1-6-12-13-11(15-6)10-5-7-8(14)3-2-4-9(7)16-10;1-6-12-11(13-16-6)9-5-7-3-2-4-8(14)10(7)15-9/h2-5,10H,6-7H2,1H3;3-6H,1-2H3,(H,13,15)(H,14,16);3-6H,1-2H3;2*2-5,14H,1H3/t10-;;;;/m0..../s1. The van der Waals surface area contributed by atoms with Crippen LogP contribution in [0.4, 0.5) is 0 Å². The van der Waals surface area contributed by atoms with E-state index in [1.54, 1.807) is 109 Å². The van der Waals surface area contributed by atoms with E-state index in [1.807, 2.05) is 54.6 Å². The number of aromatic hydroxyl groups is 2. The zero-order valence-electron chi connectivity index (χ0n) is 47.1. The molecule has 1 atom stereocenters. The fourth-order valence-corrected chi connectivity index (χ4v) is 8.35. The maximum atomic E-state index is 11.7. The third-order valence-corrected chi connectivity index (χ3v) is 12.4. The Morgan fingerprint density at radius 2 is 1.02 bits per heavy atom. The Morgan fingerprint density at radius 1 is 0.529 bits per heavy atom. The number of para-hydroxylation sites is 2. The van der Waals surface area contributed by atoms with Crippen molar-refractivity contribution in [3.63, 3.8) is 0 Å². The van der Waals surface area contributed by atoms with Crippen LogP contribution < -0.4 is 25.1 Å².